The van der Waals surface area contributed by atoms with Gasteiger partial charge in [-0.15, -0.1) is 0 Å². The van der Waals surface area contributed by atoms with E-state index < -0.39 is 0 Å². The third-order valence-electron chi connectivity index (χ3n) is 2.92. The van der Waals surface area contributed by atoms with Crippen LogP contribution in [0.5, 0.6) is 0 Å². The second-order valence-corrected chi connectivity index (χ2v) is 4.72. The molecular weight excluding hydrogens is 232 g/mol. The molecule has 0 fully saturated rings. The fraction of sp³-hybridized carbons (Fsp3) is 0.462. The molecule has 1 heterocycles. The van der Waals surface area contributed by atoms with Gasteiger partial charge < -0.3 is 15.0 Å². The first-order chi connectivity index (χ1) is 8.22. The van der Waals surface area contributed by atoms with Gasteiger partial charge in [-0.1, -0.05) is 18.2 Å². The van der Waals surface area contributed by atoms with Crippen molar-refractivity contribution in [2.45, 2.75) is 19.4 Å². The fourth-order valence-corrected chi connectivity index (χ4v) is 2.52. The molecule has 1 aromatic rings. The van der Waals surface area contributed by atoms with Crippen LogP contribution in [0.25, 0.3) is 0 Å². The summed E-state index contributed by atoms with van der Waals surface area (Å²) in [5.41, 5.74) is 2.60. The number of ether oxygens (including phenoxy) is 1. The van der Waals surface area contributed by atoms with Crippen LogP contribution in [0.2, 0.25) is 0 Å². The van der Waals surface area contributed by atoms with Gasteiger partial charge in [-0.3, -0.25) is 0 Å². The van der Waals surface area contributed by atoms with Crippen LogP contribution >= 0.6 is 12.2 Å². The van der Waals surface area contributed by atoms with E-state index in [0.29, 0.717) is 6.61 Å². The third kappa shape index (κ3) is 2.76. The number of benzene rings is 1. The summed E-state index contributed by atoms with van der Waals surface area (Å²) in [7, 11) is 1.70. The zero-order valence-electron chi connectivity index (χ0n) is 10.3. The monoisotopic (exact) mass is 250 g/mol. The summed E-state index contributed by atoms with van der Waals surface area (Å²) in [6.07, 6.45) is 1.07. The van der Waals surface area contributed by atoms with E-state index in [9.17, 15) is 0 Å². The molecule has 0 radical (unpaired) electrons. The van der Waals surface area contributed by atoms with Gasteiger partial charge in [-0.2, -0.15) is 0 Å². The second kappa shape index (κ2) is 5.47. The van der Waals surface area contributed by atoms with Crippen LogP contribution in [0.15, 0.2) is 24.3 Å². The minimum atomic E-state index is 0.236. The molecule has 1 aromatic carbocycles. The maximum atomic E-state index is 5.44. The Morgan fingerprint density at radius 3 is 3.06 bits per heavy atom. The first-order valence-electron chi connectivity index (χ1n) is 5.87. The Balaban J connectivity index is 2.02. The van der Waals surface area contributed by atoms with Crippen LogP contribution in [0.1, 0.15) is 12.5 Å². The van der Waals surface area contributed by atoms with E-state index in [1.54, 1.807) is 7.11 Å². The number of hydrogen-bond acceptors (Lipinski definition) is 2. The van der Waals surface area contributed by atoms with E-state index in [2.05, 4.69) is 41.4 Å². The Morgan fingerprint density at radius 1 is 1.53 bits per heavy atom. The van der Waals surface area contributed by atoms with E-state index in [4.69, 9.17) is 17.0 Å². The number of hydrogen-bond donors (Lipinski definition) is 1. The van der Waals surface area contributed by atoms with Crippen LogP contribution in [0.4, 0.5) is 5.69 Å². The largest absolute Gasteiger partial charge is 0.383 e. The number of anilines is 1. The molecule has 1 N–H and O–H groups in total. The lowest BCUT2D eigenvalue weighted by molar-refractivity contribution is 0.179. The highest BCUT2D eigenvalue weighted by Gasteiger charge is 2.22. The summed E-state index contributed by atoms with van der Waals surface area (Å²) in [6.45, 7) is 3.69. The predicted octanol–water partition coefficient (Wildman–Crippen LogP) is 1.96. The predicted molar refractivity (Wildman–Crippen MR) is 74.6 cm³/mol. The Labute approximate surface area is 108 Å². The zero-order valence-corrected chi connectivity index (χ0v) is 11.1. The summed E-state index contributed by atoms with van der Waals surface area (Å²) in [6, 6.07) is 8.65. The van der Waals surface area contributed by atoms with Crippen molar-refractivity contribution in [2.75, 3.05) is 25.2 Å². The quantitative estimate of drug-likeness (QED) is 0.829. The molecule has 2 rings (SSSR count). The van der Waals surface area contributed by atoms with Crippen molar-refractivity contribution in [3.8, 4) is 0 Å². The van der Waals surface area contributed by atoms with Crippen molar-refractivity contribution >= 4 is 23.0 Å². The molecule has 17 heavy (non-hydrogen) atoms. The average molecular weight is 250 g/mol. The Morgan fingerprint density at radius 2 is 2.29 bits per heavy atom. The second-order valence-electron chi connectivity index (χ2n) is 4.34. The molecule has 0 bridgehead atoms. The van der Waals surface area contributed by atoms with Gasteiger partial charge in [0.2, 0.25) is 0 Å². The molecule has 0 unspecified atom stereocenters. The molecule has 1 atom stereocenters. The number of rotatable bonds is 3. The van der Waals surface area contributed by atoms with E-state index >= 15 is 0 Å². The maximum Gasteiger partial charge on any atom is 0.173 e. The van der Waals surface area contributed by atoms with Crippen molar-refractivity contribution in [1.82, 2.24) is 5.32 Å². The lowest BCUT2D eigenvalue weighted by Crippen LogP contribution is -2.44. The maximum absolute atomic E-state index is 5.44. The summed E-state index contributed by atoms with van der Waals surface area (Å²) in [5.74, 6) is 0. The van der Waals surface area contributed by atoms with E-state index in [0.717, 1.165) is 18.1 Å². The number of methoxy groups -OCH3 is 1. The summed E-state index contributed by atoms with van der Waals surface area (Å²) in [5, 5.41) is 4.09. The summed E-state index contributed by atoms with van der Waals surface area (Å²) in [4.78, 5) is 2.16. The summed E-state index contributed by atoms with van der Waals surface area (Å²) >= 11 is 5.44. The molecule has 92 valence electrons. The molecule has 1 aliphatic heterocycles. The van der Waals surface area contributed by atoms with Gasteiger partial charge in [0.05, 0.1) is 6.61 Å². The highest BCUT2D eigenvalue weighted by atomic mass is 32.1. The van der Waals surface area contributed by atoms with Crippen LogP contribution in [-0.2, 0) is 11.2 Å². The van der Waals surface area contributed by atoms with E-state index in [-0.39, 0.29) is 6.04 Å². The minimum Gasteiger partial charge on any atom is -0.383 e. The van der Waals surface area contributed by atoms with Crippen LogP contribution in [0.3, 0.4) is 0 Å². The molecule has 3 nitrogen and oxygen atoms in total. The van der Waals surface area contributed by atoms with Crippen molar-refractivity contribution in [2.24, 2.45) is 0 Å². The number of para-hydroxylation sites is 1. The normalized spacial score (nSPS) is 15.5. The van der Waals surface area contributed by atoms with Gasteiger partial charge >= 0.3 is 0 Å². The van der Waals surface area contributed by atoms with Crippen LogP contribution in [-0.4, -0.2) is 31.4 Å². The fourth-order valence-electron chi connectivity index (χ4n) is 2.13. The highest BCUT2D eigenvalue weighted by Crippen LogP contribution is 2.27. The van der Waals surface area contributed by atoms with E-state index in [1.165, 1.54) is 11.3 Å². The molecule has 0 amide bonds. The third-order valence-corrected chi connectivity index (χ3v) is 3.26. The number of nitrogens with one attached hydrogen (secondary N) is 1. The minimum absolute atomic E-state index is 0.236. The molecule has 0 spiro atoms. The first kappa shape index (κ1) is 12.3. The highest BCUT2D eigenvalue weighted by molar-refractivity contribution is 7.80. The van der Waals surface area contributed by atoms with Crippen molar-refractivity contribution in [3.63, 3.8) is 0 Å². The zero-order chi connectivity index (χ0) is 12.3. The molecule has 0 saturated heterocycles. The first-order valence-corrected chi connectivity index (χ1v) is 6.28. The van der Waals surface area contributed by atoms with Gasteiger partial charge in [0.15, 0.2) is 5.11 Å². The number of thiocarbonyl (C=S) groups is 1. The Bertz CT molecular complexity index is 408. The standard InChI is InChI=1S/C13H18N2OS/c1-10(9-16-2)14-13(17)15-8-7-11-5-3-4-6-12(11)15/h3-6,10H,7-9H2,1-2H3,(H,14,17)/t10-/m0/s1. The lowest BCUT2D eigenvalue weighted by atomic mass is 10.2. The molecule has 0 aromatic heterocycles. The number of fused-ring (bicyclic) bond motifs is 1. The van der Waals surface area contributed by atoms with Crippen molar-refractivity contribution < 1.29 is 4.74 Å². The van der Waals surface area contributed by atoms with Crippen LogP contribution < -0.4 is 10.2 Å². The smallest absolute Gasteiger partial charge is 0.173 e. The Kier molecular flexibility index (Phi) is 3.97. The molecular formula is C13H18N2OS. The van der Waals surface area contributed by atoms with Gasteiger partial charge in [0.25, 0.3) is 0 Å². The van der Waals surface area contributed by atoms with Gasteiger partial charge in [-0.25, -0.2) is 0 Å². The topological polar surface area (TPSA) is 24.5 Å². The molecule has 4 heteroatoms. The lowest BCUT2D eigenvalue weighted by Gasteiger charge is -2.24. The van der Waals surface area contributed by atoms with Crippen LogP contribution in [0, 0.1) is 0 Å². The molecule has 1 aliphatic rings. The van der Waals surface area contributed by atoms with Crippen molar-refractivity contribution in [1.29, 1.82) is 0 Å². The molecule has 0 saturated carbocycles. The van der Waals surface area contributed by atoms with Gasteiger partial charge in [0.1, 0.15) is 0 Å². The van der Waals surface area contributed by atoms with Gasteiger partial charge in [0, 0.05) is 25.4 Å². The van der Waals surface area contributed by atoms with Crippen molar-refractivity contribution in [3.05, 3.63) is 29.8 Å². The average Bonchev–Trinajstić information content (AvgIpc) is 2.72. The van der Waals surface area contributed by atoms with Gasteiger partial charge in [-0.05, 0) is 37.2 Å². The SMILES string of the molecule is COC[C@H](C)NC(=S)N1CCc2ccccc21. The molecule has 0 aliphatic carbocycles. The summed E-state index contributed by atoms with van der Waals surface area (Å²) < 4.78 is 5.10. The van der Waals surface area contributed by atoms with E-state index in [1.807, 2.05) is 0 Å². The number of nitrogens with zero attached hydrogens (tertiary/aromatic N) is 1. The Hall–Kier alpha value is -1.13.